The van der Waals surface area contributed by atoms with E-state index in [0.29, 0.717) is 22.5 Å². The molecular weight excluding hydrogens is 305 g/mol. The number of ether oxygens (including phenoxy) is 1. The molecule has 0 amide bonds. The zero-order chi connectivity index (χ0) is 14.8. The van der Waals surface area contributed by atoms with Crippen molar-refractivity contribution >= 4 is 34.0 Å². The molecule has 1 heterocycles. The van der Waals surface area contributed by atoms with Gasteiger partial charge in [-0.3, -0.25) is 0 Å². The SMILES string of the molecule is Cc1ccc(Cl)cc1Oc1ncc(CCl)c2ccccc12. The van der Waals surface area contributed by atoms with E-state index < -0.39 is 0 Å². The molecule has 0 radical (unpaired) electrons. The molecule has 0 unspecified atom stereocenters. The summed E-state index contributed by atoms with van der Waals surface area (Å²) in [6.45, 7) is 1.97. The number of fused-ring (bicyclic) bond motifs is 1. The maximum atomic E-state index is 6.03. The average molecular weight is 318 g/mol. The van der Waals surface area contributed by atoms with Gasteiger partial charge in [0.15, 0.2) is 0 Å². The number of alkyl halides is 1. The molecule has 0 saturated heterocycles. The molecule has 3 rings (SSSR count). The third-order valence-electron chi connectivity index (χ3n) is 3.34. The number of hydrogen-bond acceptors (Lipinski definition) is 2. The van der Waals surface area contributed by atoms with Gasteiger partial charge in [0, 0.05) is 22.5 Å². The Balaban J connectivity index is 2.11. The quantitative estimate of drug-likeness (QED) is 0.576. The van der Waals surface area contributed by atoms with E-state index in [-0.39, 0.29) is 0 Å². The Labute approximate surface area is 133 Å². The Kier molecular flexibility index (Phi) is 4.00. The summed E-state index contributed by atoms with van der Waals surface area (Å²) >= 11 is 12.0. The Morgan fingerprint density at radius 2 is 1.86 bits per heavy atom. The fourth-order valence-corrected chi connectivity index (χ4v) is 2.58. The van der Waals surface area contributed by atoms with Crippen LogP contribution in [0.3, 0.4) is 0 Å². The summed E-state index contributed by atoms with van der Waals surface area (Å²) in [5, 5.41) is 2.63. The van der Waals surface area contributed by atoms with Crippen LogP contribution in [-0.4, -0.2) is 4.98 Å². The van der Waals surface area contributed by atoms with Gasteiger partial charge in [-0.25, -0.2) is 4.98 Å². The van der Waals surface area contributed by atoms with E-state index in [1.807, 2.05) is 43.3 Å². The topological polar surface area (TPSA) is 22.1 Å². The Morgan fingerprint density at radius 1 is 1.10 bits per heavy atom. The van der Waals surface area contributed by atoms with Gasteiger partial charge in [-0.1, -0.05) is 35.9 Å². The lowest BCUT2D eigenvalue weighted by atomic mass is 10.1. The van der Waals surface area contributed by atoms with E-state index >= 15 is 0 Å². The lowest BCUT2D eigenvalue weighted by Gasteiger charge is -2.12. The largest absolute Gasteiger partial charge is 0.438 e. The number of halogens is 2. The van der Waals surface area contributed by atoms with Crippen LogP contribution >= 0.6 is 23.2 Å². The molecule has 0 bridgehead atoms. The van der Waals surface area contributed by atoms with E-state index in [2.05, 4.69) is 4.98 Å². The highest BCUT2D eigenvalue weighted by Crippen LogP contribution is 2.32. The molecule has 1 aromatic heterocycles. The molecule has 0 saturated carbocycles. The van der Waals surface area contributed by atoms with Crippen LogP contribution in [-0.2, 0) is 5.88 Å². The number of hydrogen-bond donors (Lipinski definition) is 0. The highest BCUT2D eigenvalue weighted by Gasteiger charge is 2.10. The number of aryl methyl sites for hydroxylation is 1. The van der Waals surface area contributed by atoms with Gasteiger partial charge < -0.3 is 4.74 Å². The molecule has 3 aromatic rings. The van der Waals surface area contributed by atoms with Crippen molar-refractivity contribution in [3.8, 4) is 11.6 Å². The summed E-state index contributed by atoms with van der Waals surface area (Å²) < 4.78 is 5.96. The van der Waals surface area contributed by atoms with Crippen molar-refractivity contribution in [1.82, 2.24) is 4.98 Å². The zero-order valence-electron chi connectivity index (χ0n) is 11.4. The van der Waals surface area contributed by atoms with Gasteiger partial charge in [0.1, 0.15) is 5.75 Å². The second-order valence-corrected chi connectivity index (χ2v) is 5.48. The lowest BCUT2D eigenvalue weighted by Crippen LogP contribution is -1.94. The molecule has 106 valence electrons. The second kappa shape index (κ2) is 5.92. The number of benzene rings is 2. The maximum Gasteiger partial charge on any atom is 0.227 e. The molecule has 0 spiro atoms. The summed E-state index contributed by atoms with van der Waals surface area (Å²) in [4.78, 5) is 4.39. The maximum absolute atomic E-state index is 6.03. The molecule has 0 atom stereocenters. The van der Waals surface area contributed by atoms with E-state index in [0.717, 1.165) is 21.9 Å². The predicted octanol–water partition coefficient (Wildman–Crippen LogP) is 5.73. The monoisotopic (exact) mass is 317 g/mol. The van der Waals surface area contributed by atoms with E-state index in [4.69, 9.17) is 27.9 Å². The summed E-state index contributed by atoms with van der Waals surface area (Å²) in [5.41, 5.74) is 1.99. The summed E-state index contributed by atoms with van der Waals surface area (Å²) in [6, 6.07) is 13.5. The van der Waals surface area contributed by atoms with Crippen molar-refractivity contribution in [1.29, 1.82) is 0 Å². The standard InChI is InChI=1S/C17H13Cl2NO/c1-11-6-7-13(19)8-16(11)21-17-15-5-3-2-4-14(15)12(9-18)10-20-17/h2-8,10H,9H2,1H3. The molecule has 4 heteroatoms. The highest BCUT2D eigenvalue weighted by molar-refractivity contribution is 6.30. The van der Waals surface area contributed by atoms with Crippen LogP contribution in [0.1, 0.15) is 11.1 Å². The van der Waals surface area contributed by atoms with Gasteiger partial charge in [-0.05, 0) is 41.6 Å². The Morgan fingerprint density at radius 3 is 2.62 bits per heavy atom. The first kappa shape index (κ1) is 14.2. The van der Waals surface area contributed by atoms with Crippen molar-refractivity contribution < 1.29 is 4.74 Å². The zero-order valence-corrected chi connectivity index (χ0v) is 12.9. The van der Waals surface area contributed by atoms with Crippen LogP contribution < -0.4 is 4.74 Å². The van der Waals surface area contributed by atoms with Crippen molar-refractivity contribution in [2.45, 2.75) is 12.8 Å². The van der Waals surface area contributed by atoms with E-state index in [1.165, 1.54) is 0 Å². The van der Waals surface area contributed by atoms with Crippen LogP contribution in [0.4, 0.5) is 0 Å². The van der Waals surface area contributed by atoms with Crippen molar-refractivity contribution in [2.24, 2.45) is 0 Å². The molecular formula is C17H13Cl2NO. The van der Waals surface area contributed by atoms with Gasteiger partial charge in [-0.15, -0.1) is 11.6 Å². The minimum atomic E-state index is 0.421. The minimum absolute atomic E-state index is 0.421. The molecule has 0 aliphatic carbocycles. The average Bonchev–Trinajstić information content (AvgIpc) is 2.51. The van der Waals surface area contributed by atoms with Gasteiger partial charge in [0.05, 0.1) is 0 Å². The molecule has 0 aliphatic heterocycles. The summed E-state index contributed by atoms with van der Waals surface area (Å²) in [5.74, 6) is 1.69. The number of pyridine rings is 1. The molecule has 0 aliphatic rings. The van der Waals surface area contributed by atoms with E-state index in [9.17, 15) is 0 Å². The fourth-order valence-electron chi connectivity index (χ4n) is 2.20. The van der Waals surface area contributed by atoms with Gasteiger partial charge in [0.25, 0.3) is 0 Å². The third kappa shape index (κ3) is 2.82. The van der Waals surface area contributed by atoms with Crippen LogP contribution in [0.15, 0.2) is 48.7 Å². The summed E-state index contributed by atoms with van der Waals surface area (Å²) in [6.07, 6.45) is 1.75. The molecule has 21 heavy (non-hydrogen) atoms. The highest BCUT2D eigenvalue weighted by atomic mass is 35.5. The van der Waals surface area contributed by atoms with Crippen LogP contribution in [0.2, 0.25) is 5.02 Å². The number of rotatable bonds is 3. The van der Waals surface area contributed by atoms with Crippen LogP contribution in [0.25, 0.3) is 10.8 Å². The first-order valence-electron chi connectivity index (χ1n) is 6.55. The lowest BCUT2D eigenvalue weighted by molar-refractivity contribution is 0.465. The van der Waals surface area contributed by atoms with Gasteiger partial charge in [0.2, 0.25) is 5.88 Å². The predicted molar refractivity (Wildman–Crippen MR) is 87.6 cm³/mol. The Bertz CT molecular complexity index is 802. The molecule has 0 N–H and O–H groups in total. The van der Waals surface area contributed by atoms with Gasteiger partial charge in [-0.2, -0.15) is 0 Å². The molecule has 2 nitrogen and oxygen atoms in total. The fraction of sp³-hybridized carbons (Fsp3) is 0.118. The van der Waals surface area contributed by atoms with Crippen LogP contribution in [0, 0.1) is 6.92 Å². The van der Waals surface area contributed by atoms with E-state index in [1.54, 1.807) is 12.3 Å². The number of nitrogens with zero attached hydrogens (tertiary/aromatic N) is 1. The normalized spacial score (nSPS) is 10.8. The van der Waals surface area contributed by atoms with Crippen molar-refractivity contribution in [3.63, 3.8) is 0 Å². The first-order valence-corrected chi connectivity index (χ1v) is 7.47. The molecule has 2 aromatic carbocycles. The van der Waals surface area contributed by atoms with Crippen LogP contribution in [0.5, 0.6) is 11.6 Å². The van der Waals surface area contributed by atoms with Crippen molar-refractivity contribution in [3.05, 3.63) is 64.8 Å². The van der Waals surface area contributed by atoms with Gasteiger partial charge >= 0.3 is 0 Å². The smallest absolute Gasteiger partial charge is 0.227 e. The minimum Gasteiger partial charge on any atom is -0.438 e. The van der Waals surface area contributed by atoms with Crippen molar-refractivity contribution in [2.75, 3.05) is 0 Å². The summed E-state index contributed by atoms with van der Waals surface area (Å²) in [7, 11) is 0. The molecule has 0 fully saturated rings. The first-order chi connectivity index (χ1) is 10.2. The second-order valence-electron chi connectivity index (χ2n) is 4.78. The number of aromatic nitrogens is 1. The Hall–Kier alpha value is -1.77. The third-order valence-corrected chi connectivity index (χ3v) is 3.86.